The molecule has 0 aliphatic heterocycles. The number of thiazole rings is 2. The molecule has 2 heterocycles. The maximum absolute atomic E-state index is 12.8. The number of anilines is 2. The highest BCUT2D eigenvalue weighted by Crippen LogP contribution is 2.38. The molecule has 2 amide bonds. The van der Waals surface area contributed by atoms with E-state index in [-0.39, 0.29) is 22.7 Å². The first-order valence-corrected chi connectivity index (χ1v) is 15.7. The maximum atomic E-state index is 12.8. The van der Waals surface area contributed by atoms with Crippen molar-refractivity contribution in [2.75, 3.05) is 10.6 Å². The minimum atomic E-state index is -1.12. The zero-order chi connectivity index (χ0) is 30.8. The van der Waals surface area contributed by atoms with Crippen LogP contribution in [0.25, 0.3) is 20.4 Å². The van der Waals surface area contributed by atoms with Crippen LogP contribution in [0.2, 0.25) is 0 Å². The molecule has 218 valence electrons. The van der Waals surface area contributed by atoms with Crippen LogP contribution in [0.4, 0.5) is 22.7 Å². The third-order valence-corrected chi connectivity index (χ3v) is 10.0. The summed E-state index contributed by atoms with van der Waals surface area (Å²) in [5, 5.41) is 27.9. The molecule has 44 heavy (non-hydrogen) atoms. The number of hydrogen-bond acceptors (Lipinski definition) is 12. The number of nitro benzene ring substituents is 2. The molecule has 0 bridgehead atoms. The summed E-state index contributed by atoms with van der Waals surface area (Å²) in [5.41, 5.74) is 1.05. The molecule has 0 fully saturated rings. The monoisotopic (exact) mass is 660 g/mol. The molecule has 6 rings (SSSR count). The van der Waals surface area contributed by atoms with Gasteiger partial charge in [-0.15, -0.1) is 22.7 Å². The van der Waals surface area contributed by atoms with Crippen molar-refractivity contribution in [3.8, 4) is 0 Å². The highest BCUT2D eigenvalue weighted by atomic mass is 32.2. The molecule has 0 aliphatic carbocycles. The standard InChI is InChI=1S/C28H16N6O6S4/c35-25(29-15-9-17(33(37)38)13-19(11-15)41-27-31-21-5-1-3-7-23(21)43-27)26(36)30-16-10-18(34(39)40)14-20(12-16)42-28-32-22-6-2-4-8-24(22)44-28/h1-14H,(H,29,35)(H,30,36). The van der Waals surface area contributed by atoms with Crippen molar-refractivity contribution in [2.24, 2.45) is 0 Å². The zero-order valence-corrected chi connectivity index (χ0v) is 25.2. The van der Waals surface area contributed by atoms with Gasteiger partial charge in [-0.05, 0) is 36.4 Å². The second-order valence-electron chi connectivity index (χ2n) is 8.95. The molecule has 2 N–H and O–H groups in total. The van der Waals surface area contributed by atoms with Gasteiger partial charge in [-0.2, -0.15) is 0 Å². The van der Waals surface area contributed by atoms with Crippen LogP contribution in [0, 0.1) is 20.2 Å². The number of para-hydroxylation sites is 2. The summed E-state index contributed by atoms with van der Waals surface area (Å²) in [4.78, 5) is 57.5. The molecule has 0 unspecified atom stereocenters. The van der Waals surface area contributed by atoms with Gasteiger partial charge in [0.15, 0.2) is 8.68 Å². The maximum Gasteiger partial charge on any atom is 0.314 e. The number of non-ortho nitro benzene ring substituents is 2. The molecule has 0 saturated carbocycles. The number of hydrogen-bond donors (Lipinski definition) is 2. The highest BCUT2D eigenvalue weighted by Gasteiger charge is 2.20. The first-order valence-electron chi connectivity index (χ1n) is 12.5. The van der Waals surface area contributed by atoms with Crippen LogP contribution < -0.4 is 10.6 Å². The van der Waals surface area contributed by atoms with Gasteiger partial charge in [0.05, 0.1) is 30.3 Å². The van der Waals surface area contributed by atoms with Gasteiger partial charge in [0.25, 0.3) is 11.4 Å². The van der Waals surface area contributed by atoms with Crippen molar-refractivity contribution in [2.45, 2.75) is 18.5 Å². The number of aromatic nitrogens is 2. The van der Waals surface area contributed by atoms with Crippen molar-refractivity contribution in [1.29, 1.82) is 0 Å². The van der Waals surface area contributed by atoms with E-state index in [2.05, 4.69) is 20.6 Å². The Hall–Kier alpha value is -4.90. The molecule has 12 nitrogen and oxygen atoms in total. The van der Waals surface area contributed by atoms with Crippen molar-refractivity contribution in [1.82, 2.24) is 9.97 Å². The topological polar surface area (TPSA) is 170 Å². The van der Waals surface area contributed by atoms with E-state index in [1.165, 1.54) is 70.5 Å². The summed E-state index contributed by atoms with van der Waals surface area (Å²) in [5.74, 6) is -2.23. The van der Waals surface area contributed by atoms with E-state index in [0.717, 1.165) is 32.6 Å². The lowest BCUT2D eigenvalue weighted by molar-refractivity contribution is -0.385. The molecule has 0 saturated heterocycles. The molecular weight excluding hydrogens is 645 g/mol. The van der Waals surface area contributed by atoms with E-state index < -0.39 is 21.7 Å². The predicted octanol–water partition coefficient (Wildman–Crippen LogP) is 7.60. The van der Waals surface area contributed by atoms with Gasteiger partial charge in [0.1, 0.15) is 0 Å². The van der Waals surface area contributed by atoms with Gasteiger partial charge in [0.2, 0.25) is 0 Å². The molecule has 0 aliphatic rings. The van der Waals surface area contributed by atoms with Gasteiger partial charge in [-0.25, -0.2) is 9.97 Å². The van der Waals surface area contributed by atoms with Gasteiger partial charge in [-0.3, -0.25) is 29.8 Å². The Morgan fingerprint density at radius 3 is 1.43 bits per heavy atom. The Balaban J connectivity index is 1.19. The van der Waals surface area contributed by atoms with E-state index in [0.29, 0.717) is 18.5 Å². The van der Waals surface area contributed by atoms with E-state index in [4.69, 9.17) is 0 Å². The number of nitro groups is 2. The van der Waals surface area contributed by atoms with E-state index in [9.17, 15) is 29.8 Å². The number of nitrogens with one attached hydrogen (secondary N) is 2. The normalized spacial score (nSPS) is 11.0. The molecule has 4 aromatic carbocycles. The van der Waals surface area contributed by atoms with E-state index in [1.807, 2.05) is 48.5 Å². The van der Waals surface area contributed by atoms with Gasteiger partial charge < -0.3 is 10.6 Å². The molecular formula is C28H16N6O6S4. The summed E-state index contributed by atoms with van der Waals surface area (Å²) in [6.45, 7) is 0. The average Bonchev–Trinajstić information content (AvgIpc) is 3.59. The lowest BCUT2D eigenvalue weighted by Crippen LogP contribution is -2.29. The van der Waals surface area contributed by atoms with Crippen molar-refractivity contribution in [3.63, 3.8) is 0 Å². The summed E-state index contributed by atoms with van der Waals surface area (Å²) < 4.78 is 3.20. The van der Waals surface area contributed by atoms with Crippen LogP contribution in [-0.4, -0.2) is 31.6 Å². The third kappa shape index (κ3) is 6.68. The number of rotatable bonds is 8. The number of nitrogens with zero attached hydrogens (tertiary/aromatic N) is 4. The van der Waals surface area contributed by atoms with Gasteiger partial charge >= 0.3 is 11.8 Å². The Kier molecular flexibility index (Phi) is 8.21. The molecule has 0 spiro atoms. The number of carbonyl (C=O) groups is 2. The van der Waals surface area contributed by atoms with Crippen LogP contribution in [0.5, 0.6) is 0 Å². The quantitative estimate of drug-likeness (QED) is 0.0941. The molecule has 0 atom stereocenters. The first-order chi connectivity index (χ1) is 21.2. The smallest absolute Gasteiger partial charge is 0.314 e. The Bertz CT molecular complexity index is 1900. The summed E-state index contributed by atoms with van der Waals surface area (Å²) in [6, 6.07) is 23.0. The number of carbonyl (C=O) groups excluding carboxylic acids is 2. The van der Waals surface area contributed by atoms with Crippen LogP contribution in [0.15, 0.2) is 103 Å². The van der Waals surface area contributed by atoms with Crippen LogP contribution in [0.3, 0.4) is 0 Å². The number of fused-ring (bicyclic) bond motifs is 2. The van der Waals surface area contributed by atoms with Gasteiger partial charge in [-0.1, -0.05) is 47.8 Å². The third-order valence-electron chi connectivity index (χ3n) is 5.89. The van der Waals surface area contributed by atoms with Crippen molar-refractivity contribution in [3.05, 3.63) is 105 Å². The Morgan fingerprint density at radius 1 is 0.636 bits per heavy atom. The molecule has 2 aromatic heterocycles. The van der Waals surface area contributed by atoms with Crippen LogP contribution >= 0.6 is 46.2 Å². The van der Waals surface area contributed by atoms with Gasteiger partial charge in [0, 0.05) is 45.4 Å². The second kappa shape index (κ2) is 12.4. The van der Waals surface area contributed by atoms with Crippen LogP contribution in [0.1, 0.15) is 0 Å². The lowest BCUT2D eigenvalue weighted by Gasteiger charge is -2.09. The fourth-order valence-electron chi connectivity index (χ4n) is 4.01. The van der Waals surface area contributed by atoms with Crippen LogP contribution in [-0.2, 0) is 9.59 Å². The SMILES string of the molecule is O=C(Nc1cc(Sc2nc3ccccc3s2)cc([N+](=O)[O-])c1)C(=O)Nc1cc(Sc2nc3ccccc3s2)cc([N+](=O)[O-])c1. The average molecular weight is 661 g/mol. The predicted molar refractivity (Wildman–Crippen MR) is 171 cm³/mol. The first kappa shape index (κ1) is 29.2. The van der Waals surface area contributed by atoms with Crippen molar-refractivity contribution < 1.29 is 19.4 Å². The van der Waals surface area contributed by atoms with E-state index >= 15 is 0 Å². The Labute approximate surface area is 263 Å². The zero-order valence-electron chi connectivity index (χ0n) is 22.0. The van der Waals surface area contributed by atoms with E-state index in [1.54, 1.807) is 0 Å². The second-order valence-corrected chi connectivity index (χ2v) is 13.7. The molecule has 16 heteroatoms. The minimum Gasteiger partial charge on any atom is -0.317 e. The highest BCUT2D eigenvalue weighted by molar-refractivity contribution is 8.01. The summed E-state index contributed by atoms with van der Waals surface area (Å²) >= 11 is 5.20. The number of amides is 2. The van der Waals surface area contributed by atoms with Crippen molar-refractivity contribution >= 4 is 101 Å². The molecule has 0 radical (unpaired) electrons. The largest absolute Gasteiger partial charge is 0.317 e. The summed E-state index contributed by atoms with van der Waals surface area (Å²) in [7, 11) is 0. The fourth-order valence-corrected chi connectivity index (χ4v) is 8.27. The Morgan fingerprint density at radius 2 is 1.05 bits per heavy atom. The minimum absolute atomic E-state index is 0.0223. The lowest BCUT2D eigenvalue weighted by atomic mass is 10.2. The molecule has 6 aromatic rings. The fraction of sp³-hybridized carbons (Fsp3) is 0. The summed E-state index contributed by atoms with van der Waals surface area (Å²) in [6.07, 6.45) is 0. The number of benzene rings is 4.